The van der Waals surface area contributed by atoms with E-state index in [4.69, 9.17) is 5.73 Å². The number of amides is 3. The van der Waals surface area contributed by atoms with Crippen LogP contribution in [0.1, 0.15) is 37.7 Å². The molecule has 3 rings (SSSR count). The largest absolute Gasteiger partial charge is 0.342 e. The average molecular weight is 395 g/mol. The maximum atomic E-state index is 12.7. The van der Waals surface area contributed by atoms with E-state index in [-0.39, 0.29) is 36.3 Å². The minimum atomic E-state index is -0.195. The molecule has 3 amide bonds. The van der Waals surface area contributed by atoms with Crippen LogP contribution >= 0.6 is 12.4 Å². The van der Waals surface area contributed by atoms with Gasteiger partial charge in [0, 0.05) is 37.3 Å². The number of nitrogens with one attached hydrogen (secondary N) is 2. The van der Waals surface area contributed by atoms with Crippen molar-refractivity contribution in [3.63, 3.8) is 0 Å². The zero-order chi connectivity index (χ0) is 18.5. The lowest BCUT2D eigenvalue weighted by Crippen LogP contribution is -2.46. The third-order valence-corrected chi connectivity index (χ3v) is 5.51. The molecular weight excluding hydrogens is 364 g/mol. The fourth-order valence-electron chi connectivity index (χ4n) is 3.98. The molecule has 1 heterocycles. The summed E-state index contributed by atoms with van der Waals surface area (Å²) in [5.41, 5.74) is 7.89. The van der Waals surface area contributed by atoms with Gasteiger partial charge in [-0.1, -0.05) is 17.7 Å². The number of benzene rings is 1. The third-order valence-electron chi connectivity index (χ3n) is 5.51. The summed E-state index contributed by atoms with van der Waals surface area (Å²) in [7, 11) is 0. The lowest BCUT2D eigenvalue weighted by molar-refractivity contribution is -0.137. The predicted molar refractivity (Wildman–Crippen MR) is 110 cm³/mol. The maximum absolute atomic E-state index is 12.7. The van der Waals surface area contributed by atoms with Gasteiger partial charge in [0.1, 0.15) is 0 Å². The van der Waals surface area contributed by atoms with Crippen LogP contribution in [-0.4, -0.2) is 42.5 Å². The third kappa shape index (κ3) is 6.11. The molecular formula is C20H31ClN4O2. The molecule has 4 N–H and O–H groups in total. The highest BCUT2D eigenvalue weighted by atomic mass is 35.5. The van der Waals surface area contributed by atoms with Crippen LogP contribution in [0.5, 0.6) is 0 Å². The van der Waals surface area contributed by atoms with Crippen molar-refractivity contribution in [3.8, 4) is 0 Å². The van der Waals surface area contributed by atoms with Crippen molar-refractivity contribution in [2.24, 2.45) is 17.6 Å². The number of urea groups is 1. The number of piperidine rings is 1. The van der Waals surface area contributed by atoms with Gasteiger partial charge in [-0.05, 0) is 57.1 Å². The molecule has 0 spiro atoms. The second-order valence-electron chi connectivity index (χ2n) is 7.76. The molecule has 27 heavy (non-hydrogen) atoms. The topological polar surface area (TPSA) is 87.5 Å². The number of aryl methyl sites for hydroxylation is 1. The van der Waals surface area contributed by atoms with Crippen LogP contribution in [-0.2, 0) is 4.79 Å². The predicted octanol–water partition coefficient (Wildman–Crippen LogP) is 2.90. The Bertz CT molecular complexity index is 637. The summed E-state index contributed by atoms with van der Waals surface area (Å²) >= 11 is 0. The summed E-state index contributed by atoms with van der Waals surface area (Å²) in [6.07, 6.45) is 4.72. The molecule has 3 unspecified atom stereocenters. The standard InChI is InChI=1S/C20H30N4O2.ClH/c1-14-4-8-18(9-5-14)23-20(26)22-12-15-3-2-10-24(13-15)19(25)16-6-7-17(21)11-16;/h4-5,8-9,15-17H,2-3,6-7,10-13,21H2,1H3,(H2,22,23,26);1H. The zero-order valence-corrected chi connectivity index (χ0v) is 16.8. The number of halogens is 1. The summed E-state index contributed by atoms with van der Waals surface area (Å²) in [4.78, 5) is 26.7. The molecule has 0 aromatic heterocycles. The molecule has 2 aliphatic rings. The molecule has 3 atom stereocenters. The van der Waals surface area contributed by atoms with Crippen molar-refractivity contribution in [1.29, 1.82) is 0 Å². The lowest BCUT2D eigenvalue weighted by Gasteiger charge is -2.34. The van der Waals surface area contributed by atoms with Crippen LogP contribution < -0.4 is 16.4 Å². The van der Waals surface area contributed by atoms with E-state index in [1.165, 1.54) is 0 Å². The first-order valence-electron chi connectivity index (χ1n) is 9.67. The van der Waals surface area contributed by atoms with Gasteiger partial charge in [-0.15, -0.1) is 12.4 Å². The molecule has 7 heteroatoms. The van der Waals surface area contributed by atoms with Crippen molar-refractivity contribution in [2.75, 3.05) is 25.0 Å². The van der Waals surface area contributed by atoms with Crippen molar-refractivity contribution in [2.45, 2.75) is 45.1 Å². The molecule has 1 saturated carbocycles. The molecule has 2 fully saturated rings. The molecule has 0 bridgehead atoms. The monoisotopic (exact) mass is 394 g/mol. The fraction of sp³-hybridized carbons (Fsp3) is 0.600. The van der Waals surface area contributed by atoms with Crippen molar-refractivity contribution >= 4 is 30.0 Å². The summed E-state index contributed by atoms with van der Waals surface area (Å²) in [6, 6.07) is 7.70. The Hall–Kier alpha value is -1.79. The molecule has 0 radical (unpaired) electrons. The Morgan fingerprint density at radius 3 is 2.59 bits per heavy atom. The number of rotatable bonds is 4. The second kappa shape index (κ2) is 9.95. The highest BCUT2D eigenvalue weighted by Crippen LogP contribution is 2.28. The van der Waals surface area contributed by atoms with E-state index >= 15 is 0 Å². The summed E-state index contributed by atoms with van der Waals surface area (Å²) in [5.74, 6) is 0.667. The number of likely N-dealkylation sites (tertiary alicyclic amines) is 1. The number of nitrogens with two attached hydrogens (primary N) is 1. The summed E-state index contributed by atoms with van der Waals surface area (Å²) in [6.45, 7) is 4.16. The maximum Gasteiger partial charge on any atom is 0.319 e. The first-order chi connectivity index (χ1) is 12.5. The van der Waals surface area contributed by atoms with Gasteiger partial charge in [-0.25, -0.2) is 4.79 Å². The van der Waals surface area contributed by atoms with Gasteiger partial charge in [0.2, 0.25) is 5.91 Å². The van der Waals surface area contributed by atoms with Crippen LogP contribution in [0.2, 0.25) is 0 Å². The quantitative estimate of drug-likeness (QED) is 0.733. The van der Waals surface area contributed by atoms with Gasteiger partial charge in [0.05, 0.1) is 0 Å². The second-order valence-corrected chi connectivity index (χ2v) is 7.76. The number of nitrogens with zero attached hydrogens (tertiary/aromatic N) is 1. The van der Waals surface area contributed by atoms with Gasteiger partial charge in [0.25, 0.3) is 0 Å². The molecule has 1 aromatic carbocycles. The lowest BCUT2D eigenvalue weighted by atomic mass is 9.96. The van der Waals surface area contributed by atoms with Gasteiger partial charge >= 0.3 is 6.03 Å². The Morgan fingerprint density at radius 1 is 1.19 bits per heavy atom. The first kappa shape index (κ1) is 21.5. The van der Waals surface area contributed by atoms with Crippen molar-refractivity contribution < 1.29 is 9.59 Å². The molecule has 1 aromatic rings. The first-order valence-corrected chi connectivity index (χ1v) is 9.67. The average Bonchev–Trinajstić information content (AvgIpc) is 3.08. The zero-order valence-electron chi connectivity index (χ0n) is 15.9. The summed E-state index contributed by atoms with van der Waals surface area (Å²) < 4.78 is 0. The summed E-state index contributed by atoms with van der Waals surface area (Å²) in [5, 5.41) is 5.79. The Morgan fingerprint density at radius 2 is 1.93 bits per heavy atom. The highest BCUT2D eigenvalue weighted by molar-refractivity contribution is 5.89. The number of carbonyl (C=O) groups is 2. The number of carbonyl (C=O) groups excluding carboxylic acids is 2. The molecule has 6 nitrogen and oxygen atoms in total. The van der Waals surface area contributed by atoms with Crippen molar-refractivity contribution in [3.05, 3.63) is 29.8 Å². The van der Waals surface area contributed by atoms with Gasteiger partial charge in [0.15, 0.2) is 0 Å². The van der Waals surface area contributed by atoms with Crippen LogP contribution in [0.3, 0.4) is 0 Å². The Kier molecular flexibility index (Phi) is 7.92. The van der Waals surface area contributed by atoms with Gasteiger partial charge < -0.3 is 21.3 Å². The van der Waals surface area contributed by atoms with E-state index in [9.17, 15) is 9.59 Å². The highest BCUT2D eigenvalue weighted by Gasteiger charge is 2.33. The normalized spacial score (nSPS) is 24.8. The molecule has 1 aliphatic carbocycles. The minimum absolute atomic E-state index is 0. The number of hydrogen-bond acceptors (Lipinski definition) is 3. The van der Waals surface area contributed by atoms with E-state index in [1.54, 1.807) is 0 Å². The molecule has 1 saturated heterocycles. The van der Waals surface area contributed by atoms with Crippen LogP contribution in [0.4, 0.5) is 10.5 Å². The van der Waals surface area contributed by atoms with Crippen LogP contribution in [0, 0.1) is 18.8 Å². The Labute approximate surface area is 167 Å². The van der Waals surface area contributed by atoms with Crippen LogP contribution in [0.25, 0.3) is 0 Å². The van der Waals surface area contributed by atoms with Gasteiger partial charge in [-0.3, -0.25) is 4.79 Å². The fourth-order valence-corrected chi connectivity index (χ4v) is 3.98. The van der Waals surface area contributed by atoms with E-state index in [1.807, 2.05) is 36.1 Å². The smallest absolute Gasteiger partial charge is 0.319 e. The SMILES string of the molecule is Cc1ccc(NC(=O)NCC2CCCN(C(=O)C3CCC(N)C3)C2)cc1.Cl. The Balaban J connectivity index is 0.00000261. The van der Waals surface area contributed by atoms with Gasteiger partial charge in [-0.2, -0.15) is 0 Å². The van der Waals surface area contributed by atoms with Crippen LogP contribution in [0.15, 0.2) is 24.3 Å². The number of hydrogen-bond donors (Lipinski definition) is 3. The van der Waals surface area contributed by atoms with E-state index < -0.39 is 0 Å². The molecule has 1 aliphatic heterocycles. The minimum Gasteiger partial charge on any atom is -0.342 e. The van der Waals surface area contributed by atoms with E-state index in [0.717, 1.165) is 56.4 Å². The number of anilines is 1. The van der Waals surface area contributed by atoms with E-state index in [0.29, 0.717) is 12.5 Å². The van der Waals surface area contributed by atoms with Crippen molar-refractivity contribution in [1.82, 2.24) is 10.2 Å². The van der Waals surface area contributed by atoms with E-state index in [2.05, 4.69) is 10.6 Å². The molecule has 150 valence electrons.